The van der Waals surface area contributed by atoms with E-state index in [0.717, 1.165) is 16.9 Å². The smallest absolute Gasteiger partial charge is 0.252 e. The van der Waals surface area contributed by atoms with E-state index >= 15 is 0 Å². The normalized spacial score (nSPS) is 18.9. The number of hydrogen-bond donors (Lipinski definition) is 1. The quantitative estimate of drug-likeness (QED) is 0.803. The Kier molecular flexibility index (Phi) is 2.39. The molecule has 3 heteroatoms. The zero-order valence-corrected chi connectivity index (χ0v) is 9.20. The van der Waals surface area contributed by atoms with E-state index in [9.17, 15) is 4.79 Å². The number of nitrogens with one attached hydrogen (secondary N) is 1. The topological polar surface area (TPSA) is 38.3 Å². The number of carbonyl (C=O) groups is 1. The zero-order chi connectivity index (χ0) is 11.0. The molecule has 80 valence electrons. The lowest BCUT2D eigenvalue weighted by atomic mass is 9.96. The summed E-state index contributed by atoms with van der Waals surface area (Å²) in [6, 6.07) is 5.70. The Bertz CT molecular complexity index is 399. The number of hydrogen-bond acceptors (Lipinski definition) is 2. The Morgan fingerprint density at radius 2 is 2.13 bits per heavy atom. The van der Waals surface area contributed by atoms with Crippen LogP contribution in [0.3, 0.4) is 0 Å². The fourth-order valence-corrected chi connectivity index (χ4v) is 1.95. The minimum atomic E-state index is 0.0198. The third-order valence-electron chi connectivity index (χ3n) is 2.79. The first kappa shape index (κ1) is 10.0. The Morgan fingerprint density at radius 1 is 1.40 bits per heavy atom. The molecule has 1 aliphatic heterocycles. The van der Waals surface area contributed by atoms with Crippen LogP contribution in [-0.2, 0) is 0 Å². The van der Waals surface area contributed by atoms with Crippen molar-refractivity contribution in [3.8, 4) is 5.75 Å². The molecule has 0 saturated carbocycles. The van der Waals surface area contributed by atoms with Crippen LogP contribution in [0.1, 0.15) is 35.8 Å². The summed E-state index contributed by atoms with van der Waals surface area (Å²) in [6.07, 6.45) is 0. The summed E-state index contributed by atoms with van der Waals surface area (Å²) in [4.78, 5) is 11.6. The van der Waals surface area contributed by atoms with E-state index in [1.54, 1.807) is 7.11 Å². The van der Waals surface area contributed by atoms with Crippen LogP contribution in [0.15, 0.2) is 18.2 Å². The number of fused-ring (bicyclic) bond motifs is 1. The number of benzene rings is 1. The van der Waals surface area contributed by atoms with Crippen molar-refractivity contribution in [2.75, 3.05) is 7.11 Å². The van der Waals surface area contributed by atoms with Gasteiger partial charge in [-0.05, 0) is 29.7 Å². The molecule has 1 unspecified atom stereocenters. The van der Waals surface area contributed by atoms with Gasteiger partial charge in [0.1, 0.15) is 5.75 Å². The molecule has 1 amide bonds. The van der Waals surface area contributed by atoms with Gasteiger partial charge < -0.3 is 10.1 Å². The maximum atomic E-state index is 11.6. The van der Waals surface area contributed by atoms with Gasteiger partial charge in [-0.3, -0.25) is 4.79 Å². The highest BCUT2D eigenvalue weighted by atomic mass is 16.5. The predicted octanol–water partition coefficient (Wildman–Crippen LogP) is 2.14. The van der Waals surface area contributed by atoms with E-state index in [0.29, 0.717) is 5.92 Å². The maximum Gasteiger partial charge on any atom is 0.252 e. The van der Waals surface area contributed by atoms with Gasteiger partial charge in [0.25, 0.3) is 5.91 Å². The molecule has 0 aliphatic carbocycles. The van der Waals surface area contributed by atoms with E-state index in [-0.39, 0.29) is 11.9 Å². The molecular weight excluding hydrogens is 190 g/mol. The molecule has 1 atom stereocenters. The van der Waals surface area contributed by atoms with Crippen LogP contribution in [-0.4, -0.2) is 13.0 Å². The summed E-state index contributed by atoms with van der Waals surface area (Å²) < 4.78 is 5.16. The number of carbonyl (C=O) groups excluding carboxylic acids is 1. The molecule has 0 bridgehead atoms. The molecule has 0 aromatic heterocycles. The van der Waals surface area contributed by atoms with Gasteiger partial charge in [-0.25, -0.2) is 0 Å². The molecule has 1 heterocycles. The van der Waals surface area contributed by atoms with Crippen LogP contribution in [0.4, 0.5) is 0 Å². The summed E-state index contributed by atoms with van der Waals surface area (Å²) in [5.74, 6) is 1.21. The molecule has 0 radical (unpaired) electrons. The van der Waals surface area contributed by atoms with Gasteiger partial charge in [-0.2, -0.15) is 0 Å². The van der Waals surface area contributed by atoms with E-state index < -0.39 is 0 Å². The van der Waals surface area contributed by atoms with Crippen LogP contribution in [0.5, 0.6) is 5.75 Å². The van der Waals surface area contributed by atoms with Crippen molar-refractivity contribution < 1.29 is 9.53 Å². The molecule has 0 spiro atoms. The SMILES string of the molecule is COc1ccc2c(c1)C(C(C)C)NC2=O. The highest BCUT2D eigenvalue weighted by Gasteiger charge is 2.30. The molecule has 2 rings (SSSR count). The second kappa shape index (κ2) is 3.57. The third kappa shape index (κ3) is 1.58. The van der Waals surface area contributed by atoms with Gasteiger partial charge in [-0.1, -0.05) is 13.8 Å². The molecule has 1 aromatic rings. The summed E-state index contributed by atoms with van der Waals surface area (Å²) >= 11 is 0. The zero-order valence-electron chi connectivity index (χ0n) is 9.20. The Balaban J connectivity index is 2.47. The minimum Gasteiger partial charge on any atom is -0.497 e. The van der Waals surface area contributed by atoms with Crippen molar-refractivity contribution >= 4 is 5.91 Å². The van der Waals surface area contributed by atoms with Gasteiger partial charge in [-0.15, -0.1) is 0 Å². The maximum absolute atomic E-state index is 11.6. The van der Waals surface area contributed by atoms with Crippen molar-refractivity contribution in [2.24, 2.45) is 5.92 Å². The molecule has 15 heavy (non-hydrogen) atoms. The fourth-order valence-electron chi connectivity index (χ4n) is 1.95. The molecule has 0 saturated heterocycles. The molecule has 3 nitrogen and oxygen atoms in total. The lowest BCUT2D eigenvalue weighted by Gasteiger charge is -2.15. The van der Waals surface area contributed by atoms with Gasteiger partial charge in [0.15, 0.2) is 0 Å². The standard InChI is InChI=1S/C12H15NO2/c1-7(2)11-10-6-8(15-3)4-5-9(10)12(14)13-11/h4-7,11H,1-3H3,(H,13,14). The van der Waals surface area contributed by atoms with Crippen LogP contribution in [0, 0.1) is 5.92 Å². The van der Waals surface area contributed by atoms with E-state index in [1.807, 2.05) is 18.2 Å². The van der Waals surface area contributed by atoms with Crippen molar-refractivity contribution in [3.05, 3.63) is 29.3 Å². The lowest BCUT2D eigenvalue weighted by Crippen LogP contribution is -2.22. The first-order valence-corrected chi connectivity index (χ1v) is 5.12. The van der Waals surface area contributed by atoms with Crippen LogP contribution in [0.2, 0.25) is 0 Å². The third-order valence-corrected chi connectivity index (χ3v) is 2.79. The van der Waals surface area contributed by atoms with Crippen molar-refractivity contribution in [1.29, 1.82) is 0 Å². The lowest BCUT2D eigenvalue weighted by molar-refractivity contribution is 0.0949. The van der Waals surface area contributed by atoms with E-state index in [1.165, 1.54) is 0 Å². The second-order valence-corrected chi connectivity index (χ2v) is 4.15. The van der Waals surface area contributed by atoms with Crippen LogP contribution >= 0.6 is 0 Å². The average molecular weight is 205 g/mol. The van der Waals surface area contributed by atoms with Crippen LogP contribution in [0.25, 0.3) is 0 Å². The van der Waals surface area contributed by atoms with Crippen molar-refractivity contribution in [3.63, 3.8) is 0 Å². The highest BCUT2D eigenvalue weighted by Crippen LogP contribution is 2.33. The molecular formula is C12H15NO2. The van der Waals surface area contributed by atoms with E-state index in [2.05, 4.69) is 19.2 Å². The largest absolute Gasteiger partial charge is 0.497 e. The fraction of sp³-hybridized carbons (Fsp3) is 0.417. The van der Waals surface area contributed by atoms with Crippen molar-refractivity contribution in [1.82, 2.24) is 5.32 Å². The molecule has 1 aromatic carbocycles. The van der Waals surface area contributed by atoms with Gasteiger partial charge in [0.2, 0.25) is 0 Å². The minimum absolute atomic E-state index is 0.0198. The molecule has 1 aliphatic rings. The van der Waals surface area contributed by atoms with E-state index in [4.69, 9.17) is 4.74 Å². The Morgan fingerprint density at radius 3 is 2.73 bits per heavy atom. The first-order valence-electron chi connectivity index (χ1n) is 5.12. The summed E-state index contributed by atoms with van der Waals surface area (Å²) in [5.41, 5.74) is 1.82. The van der Waals surface area contributed by atoms with Crippen molar-refractivity contribution in [2.45, 2.75) is 19.9 Å². The van der Waals surface area contributed by atoms with Gasteiger partial charge in [0.05, 0.1) is 13.2 Å². The van der Waals surface area contributed by atoms with Gasteiger partial charge in [0, 0.05) is 5.56 Å². The number of ether oxygens (including phenoxy) is 1. The second-order valence-electron chi connectivity index (χ2n) is 4.15. The monoisotopic (exact) mass is 205 g/mol. The summed E-state index contributed by atoms with van der Waals surface area (Å²) in [6.45, 7) is 4.19. The first-order chi connectivity index (χ1) is 7.13. The number of rotatable bonds is 2. The molecule has 1 N–H and O–H groups in total. The van der Waals surface area contributed by atoms with Crippen LogP contribution < -0.4 is 10.1 Å². The summed E-state index contributed by atoms with van der Waals surface area (Å²) in [7, 11) is 1.64. The molecule has 0 fully saturated rings. The number of methoxy groups -OCH3 is 1. The Labute approximate surface area is 89.4 Å². The highest BCUT2D eigenvalue weighted by molar-refractivity contribution is 5.99. The predicted molar refractivity (Wildman–Crippen MR) is 58.0 cm³/mol. The Hall–Kier alpha value is -1.51. The average Bonchev–Trinajstić information content (AvgIpc) is 2.56. The van der Waals surface area contributed by atoms with Gasteiger partial charge >= 0.3 is 0 Å². The number of amides is 1. The summed E-state index contributed by atoms with van der Waals surface area (Å²) in [5, 5.41) is 2.98.